The van der Waals surface area contributed by atoms with Crippen LogP contribution in [-0.4, -0.2) is 42.8 Å². The summed E-state index contributed by atoms with van der Waals surface area (Å²) in [5.41, 5.74) is 5.80. The molecule has 0 aromatic carbocycles. The van der Waals surface area contributed by atoms with Gasteiger partial charge in [-0.05, 0) is 20.8 Å². The highest BCUT2D eigenvalue weighted by atomic mass is 16.5. The Hall–Kier alpha value is -0.120. The third kappa shape index (κ3) is 2.44. The fraction of sp³-hybridized carbons (Fsp3) is 1.00. The lowest BCUT2D eigenvalue weighted by molar-refractivity contribution is -0.0533. The highest BCUT2D eigenvalue weighted by Gasteiger charge is 2.27. The third-order valence-electron chi connectivity index (χ3n) is 2.35. The van der Waals surface area contributed by atoms with E-state index in [1.165, 1.54) is 0 Å². The van der Waals surface area contributed by atoms with E-state index in [0.29, 0.717) is 6.54 Å². The Morgan fingerprint density at radius 1 is 1.50 bits per heavy atom. The largest absolute Gasteiger partial charge is 0.374 e. The summed E-state index contributed by atoms with van der Waals surface area (Å²) in [6, 6.07) is 0. The van der Waals surface area contributed by atoms with Gasteiger partial charge in [0.15, 0.2) is 0 Å². The summed E-state index contributed by atoms with van der Waals surface area (Å²) in [5, 5.41) is 0. The molecule has 3 heteroatoms. The van der Waals surface area contributed by atoms with Crippen molar-refractivity contribution >= 4 is 0 Å². The lowest BCUT2D eigenvalue weighted by atomic mass is 10.0. The van der Waals surface area contributed by atoms with Gasteiger partial charge in [-0.1, -0.05) is 0 Å². The molecule has 12 heavy (non-hydrogen) atoms. The van der Waals surface area contributed by atoms with Crippen molar-refractivity contribution in [1.82, 2.24) is 4.90 Å². The first kappa shape index (κ1) is 9.96. The van der Waals surface area contributed by atoms with E-state index in [9.17, 15) is 0 Å². The molecule has 1 rings (SSSR count). The van der Waals surface area contributed by atoms with Gasteiger partial charge in [-0.25, -0.2) is 0 Å². The highest BCUT2D eigenvalue weighted by Crippen LogP contribution is 2.16. The van der Waals surface area contributed by atoms with Crippen molar-refractivity contribution in [2.24, 2.45) is 5.73 Å². The zero-order valence-electron chi connectivity index (χ0n) is 8.34. The smallest absolute Gasteiger partial charge is 0.0824 e. The van der Waals surface area contributed by atoms with Gasteiger partial charge in [0, 0.05) is 25.2 Å². The minimum atomic E-state index is 0.234. The van der Waals surface area contributed by atoms with Gasteiger partial charge in [-0.3, -0.25) is 4.90 Å². The molecule has 1 unspecified atom stereocenters. The van der Waals surface area contributed by atoms with Gasteiger partial charge in [-0.2, -0.15) is 0 Å². The van der Waals surface area contributed by atoms with Gasteiger partial charge >= 0.3 is 0 Å². The molecular weight excluding hydrogens is 152 g/mol. The number of nitrogens with two attached hydrogens (primary N) is 1. The molecule has 1 fully saturated rings. The Bertz CT molecular complexity index is 142. The molecule has 0 saturated carbocycles. The maximum Gasteiger partial charge on any atom is 0.0824 e. The standard InChI is InChI=1S/C9H20N2O/c1-9(2,3)11-4-5-12-8(6-10)7-11/h8H,4-7,10H2,1-3H3. The first-order valence-corrected chi connectivity index (χ1v) is 4.61. The van der Waals surface area contributed by atoms with Crippen molar-refractivity contribution in [2.75, 3.05) is 26.2 Å². The Morgan fingerprint density at radius 3 is 2.67 bits per heavy atom. The monoisotopic (exact) mass is 172 g/mol. The van der Waals surface area contributed by atoms with Crippen LogP contribution in [0.2, 0.25) is 0 Å². The van der Waals surface area contributed by atoms with E-state index in [1.54, 1.807) is 0 Å². The van der Waals surface area contributed by atoms with Crippen LogP contribution < -0.4 is 5.73 Å². The van der Waals surface area contributed by atoms with E-state index in [0.717, 1.165) is 19.7 Å². The van der Waals surface area contributed by atoms with Crippen LogP contribution in [0.25, 0.3) is 0 Å². The second-order valence-corrected chi connectivity index (χ2v) is 4.35. The fourth-order valence-corrected chi connectivity index (χ4v) is 1.47. The molecular formula is C9H20N2O. The van der Waals surface area contributed by atoms with Crippen LogP contribution in [-0.2, 0) is 4.74 Å². The summed E-state index contributed by atoms with van der Waals surface area (Å²) in [4.78, 5) is 2.42. The second-order valence-electron chi connectivity index (χ2n) is 4.35. The quantitative estimate of drug-likeness (QED) is 0.624. The molecule has 72 valence electrons. The summed E-state index contributed by atoms with van der Waals surface area (Å²) in [7, 11) is 0. The lowest BCUT2D eigenvalue weighted by Crippen LogP contribution is -2.53. The van der Waals surface area contributed by atoms with Crippen molar-refractivity contribution < 1.29 is 4.74 Å². The zero-order valence-corrected chi connectivity index (χ0v) is 8.34. The molecule has 3 nitrogen and oxygen atoms in total. The van der Waals surface area contributed by atoms with Crippen molar-refractivity contribution in [3.8, 4) is 0 Å². The predicted molar refractivity (Wildman–Crippen MR) is 50.1 cm³/mol. The number of hydrogen-bond donors (Lipinski definition) is 1. The van der Waals surface area contributed by atoms with Crippen LogP contribution in [0.1, 0.15) is 20.8 Å². The van der Waals surface area contributed by atoms with E-state index in [4.69, 9.17) is 10.5 Å². The van der Waals surface area contributed by atoms with Crippen LogP contribution in [0.5, 0.6) is 0 Å². The van der Waals surface area contributed by atoms with Gasteiger partial charge in [0.05, 0.1) is 12.7 Å². The third-order valence-corrected chi connectivity index (χ3v) is 2.35. The molecule has 0 aliphatic carbocycles. The molecule has 1 aliphatic heterocycles. The Balaban J connectivity index is 2.46. The second kappa shape index (κ2) is 3.73. The summed E-state index contributed by atoms with van der Waals surface area (Å²) in [5.74, 6) is 0. The number of hydrogen-bond acceptors (Lipinski definition) is 3. The van der Waals surface area contributed by atoms with Gasteiger partial charge in [0.2, 0.25) is 0 Å². The summed E-state index contributed by atoms with van der Waals surface area (Å²) in [6.45, 7) is 10.1. The number of rotatable bonds is 1. The van der Waals surface area contributed by atoms with Gasteiger partial charge in [-0.15, -0.1) is 0 Å². The summed E-state index contributed by atoms with van der Waals surface area (Å²) < 4.78 is 5.49. The van der Waals surface area contributed by atoms with Crippen molar-refractivity contribution in [3.63, 3.8) is 0 Å². The van der Waals surface area contributed by atoms with Crippen LogP contribution in [0.4, 0.5) is 0 Å². The van der Waals surface area contributed by atoms with E-state index in [2.05, 4.69) is 25.7 Å². The molecule has 0 aromatic rings. The molecule has 0 amide bonds. The molecule has 0 bridgehead atoms. The van der Waals surface area contributed by atoms with E-state index in [-0.39, 0.29) is 11.6 Å². The first-order chi connectivity index (χ1) is 5.54. The van der Waals surface area contributed by atoms with Crippen LogP contribution >= 0.6 is 0 Å². The fourth-order valence-electron chi connectivity index (χ4n) is 1.47. The van der Waals surface area contributed by atoms with Gasteiger partial charge in [0.25, 0.3) is 0 Å². The van der Waals surface area contributed by atoms with Gasteiger partial charge < -0.3 is 10.5 Å². The van der Waals surface area contributed by atoms with Crippen LogP contribution in [0.15, 0.2) is 0 Å². The molecule has 1 saturated heterocycles. The maximum atomic E-state index is 5.56. The van der Waals surface area contributed by atoms with E-state index < -0.39 is 0 Å². The van der Waals surface area contributed by atoms with E-state index >= 15 is 0 Å². The van der Waals surface area contributed by atoms with E-state index in [1.807, 2.05) is 0 Å². The first-order valence-electron chi connectivity index (χ1n) is 4.61. The molecule has 0 aromatic heterocycles. The Labute approximate surface area is 74.9 Å². The topological polar surface area (TPSA) is 38.5 Å². The lowest BCUT2D eigenvalue weighted by Gasteiger charge is -2.41. The normalized spacial score (nSPS) is 27.5. The van der Waals surface area contributed by atoms with Crippen molar-refractivity contribution in [2.45, 2.75) is 32.4 Å². The molecule has 1 heterocycles. The minimum Gasteiger partial charge on any atom is -0.374 e. The summed E-state index contributed by atoms with van der Waals surface area (Å²) in [6.07, 6.45) is 0.234. The van der Waals surface area contributed by atoms with Gasteiger partial charge in [0.1, 0.15) is 0 Å². The molecule has 1 atom stereocenters. The zero-order chi connectivity index (χ0) is 9.19. The molecule has 1 aliphatic rings. The Morgan fingerprint density at radius 2 is 2.17 bits per heavy atom. The van der Waals surface area contributed by atoms with Crippen molar-refractivity contribution in [1.29, 1.82) is 0 Å². The molecule has 0 radical (unpaired) electrons. The van der Waals surface area contributed by atoms with Crippen LogP contribution in [0.3, 0.4) is 0 Å². The highest BCUT2D eigenvalue weighted by molar-refractivity contribution is 4.81. The number of nitrogens with zero attached hydrogens (tertiary/aromatic N) is 1. The maximum absolute atomic E-state index is 5.56. The SMILES string of the molecule is CC(C)(C)N1CCOC(CN)C1. The average Bonchev–Trinajstić information content (AvgIpc) is 2.03. The Kier molecular flexibility index (Phi) is 3.09. The predicted octanol–water partition coefficient (Wildman–Crippen LogP) is 0.444. The van der Waals surface area contributed by atoms with Crippen LogP contribution in [0, 0.1) is 0 Å². The molecule has 2 N–H and O–H groups in total. The van der Waals surface area contributed by atoms with Crippen molar-refractivity contribution in [3.05, 3.63) is 0 Å². The minimum absolute atomic E-state index is 0.234. The average molecular weight is 172 g/mol. The number of morpholine rings is 1. The summed E-state index contributed by atoms with van der Waals surface area (Å²) >= 11 is 0. The number of ether oxygens (including phenoxy) is 1. The molecule has 0 spiro atoms.